The maximum absolute atomic E-state index is 12.4. The third-order valence-electron chi connectivity index (χ3n) is 6.99. The van der Waals surface area contributed by atoms with Crippen LogP contribution in [0.25, 0.3) is 0 Å². The number of aryl methyl sites for hydroxylation is 2. The van der Waals surface area contributed by atoms with Crippen LogP contribution in [0.5, 0.6) is 11.5 Å². The van der Waals surface area contributed by atoms with Crippen molar-refractivity contribution in [1.82, 2.24) is 4.98 Å². The Morgan fingerprint density at radius 2 is 1.76 bits per heavy atom. The molecule has 1 atom stereocenters. The number of nitrogens with zero attached hydrogens (tertiary/aromatic N) is 1. The quantitative estimate of drug-likeness (QED) is 0.175. The molecular weight excluding hydrogens is 458 g/mol. The number of hydrogen-bond donors (Lipinski definition) is 0. The summed E-state index contributed by atoms with van der Waals surface area (Å²) in [7, 11) is 0. The Balaban J connectivity index is 1.51. The van der Waals surface area contributed by atoms with E-state index >= 15 is 0 Å². The van der Waals surface area contributed by atoms with Gasteiger partial charge in [0.05, 0.1) is 5.56 Å². The molecule has 4 heteroatoms. The van der Waals surface area contributed by atoms with Crippen molar-refractivity contribution in [3.8, 4) is 11.5 Å². The number of carbonyl (C=O) groups is 1. The molecule has 0 amide bonds. The smallest absolute Gasteiger partial charge is 0.345 e. The summed E-state index contributed by atoms with van der Waals surface area (Å²) < 4.78 is 12.2. The standard InChI is InChI=1S/C33H43NO3/c1-24(2)11-7-12-25(3)13-8-14-26(4)15-9-18-33(6)19-17-28-22-30(21-27(5)31(28)37-33)36-32(35)29-16-10-20-34-23-29/h10-11,13,15-16,20-23H,7-9,12,14,17-19H2,1-6H3/b25-13+,26-15+. The molecule has 0 bridgehead atoms. The summed E-state index contributed by atoms with van der Waals surface area (Å²) >= 11 is 0. The van der Waals surface area contributed by atoms with Crippen LogP contribution >= 0.6 is 0 Å². The molecular formula is C33H43NO3. The molecule has 1 aliphatic heterocycles. The van der Waals surface area contributed by atoms with E-state index in [4.69, 9.17) is 9.47 Å². The molecule has 3 rings (SSSR count). The zero-order valence-electron chi connectivity index (χ0n) is 23.5. The highest BCUT2D eigenvalue weighted by molar-refractivity contribution is 5.90. The summed E-state index contributed by atoms with van der Waals surface area (Å²) in [6, 6.07) is 7.26. The SMILES string of the molecule is CC(C)=CCC/C(C)=C/CC/C(C)=C/CCC1(C)CCc2cc(OC(=O)c3cccnc3)cc(C)c2O1. The monoisotopic (exact) mass is 501 g/mol. The molecule has 198 valence electrons. The van der Waals surface area contributed by atoms with Crippen LogP contribution in [0.1, 0.15) is 101 Å². The van der Waals surface area contributed by atoms with Gasteiger partial charge >= 0.3 is 5.97 Å². The minimum atomic E-state index is -0.398. The predicted octanol–water partition coefficient (Wildman–Crippen LogP) is 8.89. The number of rotatable bonds is 11. The molecule has 37 heavy (non-hydrogen) atoms. The number of allylic oxidation sites excluding steroid dienone is 6. The van der Waals surface area contributed by atoms with Gasteiger partial charge in [0.15, 0.2) is 0 Å². The molecule has 0 saturated heterocycles. The van der Waals surface area contributed by atoms with E-state index in [1.54, 1.807) is 18.3 Å². The van der Waals surface area contributed by atoms with Crippen LogP contribution in [0, 0.1) is 6.92 Å². The van der Waals surface area contributed by atoms with E-state index in [1.807, 2.05) is 19.1 Å². The Hall–Kier alpha value is -3.14. The second-order valence-electron chi connectivity index (χ2n) is 10.9. The van der Waals surface area contributed by atoms with Gasteiger partial charge in [-0.05, 0) is 128 Å². The lowest BCUT2D eigenvalue weighted by atomic mass is 9.87. The highest BCUT2D eigenvalue weighted by atomic mass is 16.5. The van der Waals surface area contributed by atoms with Crippen molar-refractivity contribution in [1.29, 1.82) is 0 Å². The summed E-state index contributed by atoms with van der Waals surface area (Å²) in [6.07, 6.45) is 18.6. The molecule has 0 spiro atoms. The van der Waals surface area contributed by atoms with Crippen LogP contribution in [0.15, 0.2) is 71.6 Å². The van der Waals surface area contributed by atoms with Crippen LogP contribution in [0.4, 0.5) is 0 Å². The van der Waals surface area contributed by atoms with Gasteiger partial charge in [0, 0.05) is 12.4 Å². The average molecular weight is 502 g/mol. The van der Waals surface area contributed by atoms with Gasteiger partial charge in [0.25, 0.3) is 0 Å². The largest absolute Gasteiger partial charge is 0.487 e. The molecule has 1 unspecified atom stereocenters. The van der Waals surface area contributed by atoms with Gasteiger partial charge in [-0.1, -0.05) is 34.9 Å². The van der Waals surface area contributed by atoms with Crippen molar-refractivity contribution >= 4 is 5.97 Å². The number of pyridine rings is 1. The van der Waals surface area contributed by atoms with Crippen LogP contribution in [0.2, 0.25) is 0 Å². The predicted molar refractivity (Wildman–Crippen MR) is 152 cm³/mol. The Kier molecular flexibility index (Phi) is 10.3. The van der Waals surface area contributed by atoms with Crippen molar-refractivity contribution in [2.75, 3.05) is 0 Å². The molecule has 1 aromatic heterocycles. The molecule has 0 fully saturated rings. The number of carbonyl (C=O) groups excluding carboxylic acids is 1. The highest BCUT2D eigenvalue weighted by Crippen LogP contribution is 2.40. The van der Waals surface area contributed by atoms with Gasteiger partial charge in [-0.3, -0.25) is 4.98 Å². The van der Waals surface area contributed by atoms with E-state index in [1.165, 1.54) is 22.9 Å². The topological polar surface area (TPSA) is 48.4 Å². The van der Waals surface area contributed by atoms with Crippen molar-refractivity contribution in [2.45, 2.75) is 98.5 Å². The van der Waals surface area contributed by atoms with Crippen molar-refractivity contribution in [2.24, 2.45) is 0 Å². The second-order valence-corrected chi connectivity index (χ2v) is 10.9. The minimum absolute atomic E-state index is 0.191. The van der Waals surface area contributed by atoms with Gasteiger partial charge in [0.1, 0.15) is 17.1 Å². The van der Waals surface area contributed by atoms with E-state index in [-0.39, 0.29) is 5.60 Å². The first-order valence-corrected chi connectivity index (χ1v) is 13.5. The summed E-state index contributed by atoms with van der Waals surface area (Å²) in [5, 5.41) is 0. The summed E-state index contributed by atoms with van der Waals surface area (Å²) in [6.45, 7) is 13.0. The Labute approximate surface area is 223 Å². The number of ether oxygens (including phenoxy) is 2. The number of benzene rings is 1. The molecule has 0 aliphatic carbocycles. The summed E-state index contributed by atoms with van der Waals surface area (Å²) in [4.78, 5) is 16.4. The van der Waals surface area contributed by atoms with Gasteiger partial charge in [0.2, 0.25) is 0 Å². The van der Waals surface area contributed by atoms with E-state index in [9.17, 15) is 4.79 Å². The van der Waals surface area contributed by atoms with Crippen LogP contribution in [0.3, 0.4) is 0 Å². The normalized spacial score (nSPS) is 17.6. The molecule has 2 heterocycles. The lowest BCUT2D eigenvalue weighted by Gasteiger charge is -2.37. The second kappa shape index (κ2) is 13.4. The lowest BCUT2D eigenvalue weighted by Crippen LogP contribution is -2.36. The van der Waals surface area contributed by atoms with E-state index in [0.29, 0.717) is 11.3 Å². The first-order valence-electron chi connectivity index (χ1n) is 13.5. The number of esters is 1. The molecule has 1 aromatic carbocycles. The first kappa shape index (κ1) is 28.4. The number of aromatic nitrogens is 1. The Bertz CT molecular complexity index is 1160. The molecule has 0 N–H and O–H groups in total. The third kappa shape index (κ3) is 9.03. The van der Waals surface area contributed by atoms with E-state index in [2.05, 4.69) is 57.8 Å². The van der Waals surface area contributed by atoms with Crippen molar-refractivity contribution in [3.63, 3.8) is 0 Å². The third-order valence-corrected chi connectivity index (χ3v) is 6.99. The molecule has 0 radical (unpaired) electrons. The zero-order valence-corrected chi connectivity index (χ0v) is 23.5. The minimum Gasteiger partial charge on any atom is -0.487 e. The van der Waals surface area contributed by atoms with Gasteiger partial charge in [-0.2, -0.15) is 0 Å². The summed E-state index contributed by atoms with van der Waals surface area (Å²) in [5.41, 5.74) is 6.68. The van der Waals surface area contributed by atoms with Gasteiger partial charge < -0.3 is 9.47 Å². The fourth-order valence-electron chi connectivity index (χ4n) is 4.69. The fraction of sp³-hybridized carbons (Fsp3) is 0.455. The number of fused-ring (bicyclic) bond motifs is 1. The van der Waals surface area contributed by atoms with Crippen LogP contribution in [-0.4, -0.2) is 16.6 Å². The highest BCUT2D eigenvalue weighted by Gasteiger charge is 2.32. The van der Waals surface area contributed by atoms with E-state index < -0.39 is 5.97 Å². The van der Waals surface area contributed by atoms with Gasteiger partial charge in [-0.15, -0.1) is 0 Å². The summed E-state index contributed by atoms with van der Waals surface area (Å²) in [5.74, 6) is 1.09. The van der Waals surface area contributed by atoms with Gasteiger partial charge in [-0.25, -0.2) is 4.79 Å². The molecule has 0 saturated carbocycles. The lowest BCUT2D eigenvalue weighted by molar-refractivity contribution is 0.0558. The fourth-order valence-corrected chi connectivity index (χ4v) is 4.69. The zero-order chi connectivity index (χ0) is 26.8. The Morgan fingerprint density at radius 1 is 1.05 bits per heavy atom. The maximum Gasteiger partial charge on any atom is 0.345 e. The first-order chi connectivity index (χ1) is 17.6. The van der Waals surface area contributed by atoms with E-state index in [0.717, 1.165) is 68.2 Å². The molecule has 1 aliphatic rings. The van der Waals surface area contributed by atoms with Crippen molar-refractivity contribution < 1.29 is 14.3 Å². The maximum atomic E-state index is 12.4. The van der Waals surface area contributed by atoms with Crippen molar-refractivity contribution in [3.05, 3.63) is 88.3 Å². The van der Waals surface area contributed by atoms with Crippen LogP contribution < -0.4 is 9.47 Å². The Morgan fingerprint density at radius 3 is 2.43 bits per heavy atom. The average Bonchev–Trinajstić information content (AvgIpc) is 2.85. The molecule has 2 aromatic rings. The number of hydrogen-bond acceptors (Lipinski definition) is 4. The molecule has 4 nitrogen and oxygen atoms in total. The van der Waals surface area contributed by atoms with Crippen LogP contribution in [-0.2, 0) is 6.42 Å².